The van der Waals surface area contributed by atoms with Crippen molar-refractivity contribution in [3.8, 4) is 31.0 Å². The highest BCUT2D eigenvalue weighted by Crippen LogP contribution is 2.67. The van der Waals surface area contributed by atoms with Gasteiger partial charge >= 0.3 is 0 Å². The number of hydrogen-bond acceptors (Lipinski definition) is 12. The van der Waals surface area contributed by atoms with Gasteiger partial charge in [-0.1, -0.05) is 64.2 Å². The van der Waals surface area contributed by atoms with Gasteiger partial charge in [0.25, 0.3) is 0 Å². The van der Waals surface area contributed by atoms with E-state index in [1.165, 1.54) is 64.2 Å². The molecule has 8 nitrogen and oxygen atoms in total. The molecule has 0 bridgehead atoms. The Morgan fingerprint density at radius 3 is 1.12 bits per heavy atom. The zero-order valence-corrected chi connectivity index (χ0v) is 39.6. The first-order chi connectivity index (χ1) is 31.3. The van der Waals surface area contributed by atoms with E-state index in [1.807, 2.05) is 0 Å². The van der Waals surface area contributed by atoms with Crippen molar-refractivity contribution in [1.29, 1.82) is 0 Å². The van der Waals surface area contributed by atoms with E-state index < -0.39 is 11.2 Å². The van der Waals surface area contributed by atoms with E-state index >= 15 is 0 Å². The number of fused-ring (bicyclic) bond motifs is 15. The maximum absolute atomic E-state index is 14.0. The van der Waals surface area contributed by atoms with E-state index in [0.717, 1.165) is 139 Å². The quantitative estimate of drug-likeness (QED) is 0.198. The molecule has 0 radical (unpaired) electrons. The number of rotatable bonds is 2. The minimum atomic E-state index is -0.487. The number of nitrogens with zero attached hydrogens (tertiary/aromatic N) is 2. The van der Waals surface area contributed by atoms with Crippen LogP contribution in [0.25, 0.3) is 28.9 Å². The van der Waals surface area contributed by atoms with Crippen LogP contribution in [0.2, 0.25) is 0 Å². The van der Waals surface area contributed by atoms with E-state index in [2.05, 4.69) is 12.1 Å². The second-order valence-electron chi connectivity index (χ2n) is 21.5. The van der Waals surface area contributed by atoms with Gasteiger partial charge < -0.3 is 9.47 Å². The summed E-state index contributed by atoms with van der Waals surface area (Å²) in [6, 6.07) is 4.31. The number of aliphatic imine (C=N–C) groups is 2. The molecular formula is C52H54N2O6S4. The SMILES string of the molecule is O=C1C(=Nc2cc3c(s2)-c2sc4c5c(sc4c2OC32CCCCC2)-c2sc(N=C3C(=O)C4CC6CCCCC6CC4C3=O)cc2C2(CCCCC2)O5)C(=O)C2CC3CCCCC3CC12. The van der Waals surface area contributed by atoms with Gasteiger partial charge in [0.2, 0.25) is 0 Å². The van der Waals surface area contributed by atoms with E-state index in [0.29, 0.717) is 23.7 Å². The third-order valence-electron chi connectivity index (χ3n) is 18.2. The third kappa shape index (κ3) is 5.72. The van der Waals surface area contributed by atoms with Crippen LogP contribution in [-0.4, -0.2) is 34.6 Å². The van der Waals surface area contributed by atoms with Gasteiger partial charge in [-0.15, -0.1) is 45.3 Å². The molecule has 8 atom stereocenters. The van der Waals surface area contributed by atoms with Crippen LogP contribution in [0, 0.1) is 47.3 Å². The molecule has 8 aliphatic carbocycles. The van der Waals surface area contributed by atoms with Crippen molar-refractivity contribution in [2.24, 2.45) is 57.3 Å². The summed E-state index contributed by atoms with van der Waals surface area (Å²) in [5.41, 5.74) is 1.73. The van der Waals surface area contributed by atoms with Gasteiger partial charge in [-0.3, -0.25) is 19.2 Å². The Kier molecular flexibility index (Phi) is 9.08. The van der Waals surface area contributed by atoms with Crippen molar-refractivity contribution in [2.75, 3.05) is 0 Å². The zero-order chi connectivity index (χ0) is 42.6. The fourth-order valence-corrected chi connectivity index (χ4v) is 20.2. The fraction of sp³-hybridized carbons (Fsp3) is 0.615. The maximum atomic E-state index is 14.0. The summed E-state index contributed by atoms with van der Waals surface area (Å²) >= 11 is 6.74. The Labute approximate surface area is 389 Å². The molecule has 6 heterocycles. The van der Waals surface area contributed by atoms with Crippen molar-refractivity contribution in [1.82, 2.24) is 0 Å². The smallest absolute Gasteiger partial charge is 0.188 e. The van der Waals surface area contributed by atoms with Crippen molar-refractivity contribution in [3.05, 3.63) is 23.3 Å². The Morgan fingerprint density at radius 2 is 0.781 bits per heavy atom. The first-order valence-corrected chi connectivity index (χ1v) is 28.1. The van der Waals surface area contributed by atoms with Crippen LogP contribution >= 0.6 is 45.3 Å². The third-order valence-corrected chi connectivity index (χ3v) is 23.1. The molecule has 332 valence electrons. The molecular weight excluding hydrogens is 877 g/mol. The number of ether oxygens (including phenoxy) is 2. The van der Waals surface area contributed by atoms with Crippen LogP contribution in [0.4, 0.5) is 10.0 Å². The number of ketones is 4. The van der Waals surface area contributed by atoms with Gasteiger partial charge in [0.05, 0.1) is 28.9 Å². The molecule has 12 heteroatoms. The summed E-state index contributed by atoms with van der Waals surface area (Å²) in [6.07, 6.45) is 23.4. The summed E-state index contributed by atoms with van der Waals surface area (Å²) in [6.45, 7) is 0. The molecule has 8 fully saturated rings. The minimum absolute atomic E-state index is 0.0221. The number of carbonyl (C=O) groups excluding carboxylic acids is 4. The molecule has 0 aromatic carbocycles. The second-order valence-corrected chi connectivity index (χ2v) is 25.6. The average Bonchev–Trinajstić information content (AvgIpc) is 4.17. The largest absolute Gasteiger partial charge is 0.479 e. The number of Topliss-reactive ketones (excluding diaryl/α,β-unsaturated/α-hetero) is 4. The van der Waals surface area contributed by atoms with Crippen molar-refractivity contribution in [3.63, 3.8) is 0 Å². The van der Waals surface area contributed by atoms with E-state index in [4.69, 9.17) is 19.5 Å². The lowest BCUT2D eigenvalue weighted by molar-refractivity contribution is -0.123. The lowest BCUT2D eigenvalue weighted by atomic mass is 9.64. The Bertz CT molecular complexity index is 2510. The van der Waals surface area contributed by atoms with Crippen LogP contribution in [-0.2, 0) is 30.4 Å². The molecule has 0 saturated heterocycles. The van der Waals surface area contributed by atoms with Crippen LogP contribution < -0.4 is 9.47 Å². The molecule has 4 aromatic rings. The number of hydrogen-bond donors (Lipinski definition) is 0. The Morgan fingerprint density at radius 1 is 0.438 bits per heavy atom. The van der Waals surface area contributed by atoms with E-state index in [9.17, 15) is 19.2 Å². The summed E-state index contributed by atoms with van der Waals surface area (Å²) in [7, 11) is 0. The van der Waals surface area contributed by atoms with Crippen molar-refractivity contribution < 1.29 is 28.7 Å². The molecule has 0 amide bonds. The second kappa shape index (κ2) is 14.6. The predicted octanol–water partition coefficient (Wildman–Crippen LogP) is 13.6. The molecule has 2 spiro atoms. The van der Waals surface area contributed by atoms with E-state index in [1.54, 1.807) is 45.3 Å². The first kappa shape index (κ1) is 39.8. The predicted molar refractivity (Wildman–Crippen MR) is 255 cm³/mol. The molecule has 10 aliphatic rings. The average molecular weight is 931 g/mol. The maximum Gasteiger partial charge on any atom is 0.188 e. The summed E-state index contributed by atoms with van der Waals surface area (Å²) < 4.78 is 17.0. The summed E-state index contributed by atoms with van der Waals surface area (Å²) in [5.74, 6) is 3.27. The van der Waals surface area contributed by atoms with Gasteiger partial charge in [-0.05, 0) is 113 Å². The normalized spacial score (nSPS) is 33.1. The molecule has 0 N–H and O–H groups in total. The lowest BCUT2D eigenvalue weighted by Gasteiger charge is -2.40. The van der Waals surface area contributed by atoms with Crippen molar-refractivity contribution >= 4 is 99.3 Å². The van der Waals surface area contributed by atoms with Crippen LogP contribution in [0.5, 0.6) is 11.5 Å². The highest BCUT2D eigenvalue weighted by atomic mass is 32.1. The van der Waals surface area contributed by atoms with E-state index in [-0.39, 0.29) is 58.2 Å². The van der Waals surface area contributed by atoms with Gasteiger partial charge in [0.15, 0.2) is 46.1 Å². The Balaban J connectivity index is 0.848. The Hall–Kier alpha value is -3.32. The zero-order valence-electron chi connectivity index (χ0n) is 36.3. The van der Waals surface area contributed by atoms with Gasteiger partial charge in [-0.25, -0.2) is 9.98 Å². The highest BCUT2D eigenvalue weighted by molar-refractivity contribution is 7.35. The van der Waals surface area contributed by atoms with Crippen LogP contribution in [0.1, 0.15) is 152 Å². The molecule has 8 saturated carbocycles. The highest BCUT2D eigenvalue weighted by Gasteiger charge is 2.55. The lowest BCUT2D eigenvalue weighted by Crippen LogP contribution is -2.37. The van der Waals surface area contributed by atoms with Gasteiger partial charge in [0.1, 0.15) is 21.2 Å². The minimum Gasteiger partial charge on any atom is -0.479 e. The molecule has 14 rings (SSSR count). The summed E-state index contributed by atoms with van der Waals surface area (Å²) in [5, 5.41) is 1.48. The molecule has 64 heavy (non-hydrogen) atoms. The first-order valence-electron chi connectivity index (χ1n) is 24.9. The van der Waals surface area contributed by atoms with Gasteiger partial charge in [-0.2, -0.15) is 0 Å². The van der Waals surface area contributed by atoms with Gasteiger partial charge in [0, 0.05) is 34.8 Å². The molecule has 2 aliphatic heterocycles. The number of thiophene rings is 4. The fourth-order valence-electron chi connectivity index (χ4n) is 15.1. The molecule has 8 unspecified atom stereocenters. The topological polar surface area (TPSA) is 111 Å². The standard InChI is InChI=1S/C52H54N2O6S4/c55-39-29-19-25-11-3-4-12-26(25)20-30(29)40(56)37(39)53-35-23-33-45(61-35)47-43(59-51(33)15-7-1-8-16-51)49-50(63-47)44-48(64-49)46-34(52(60-44)17-9-2-10-18-52)24-36(62-46)54-38-41(57)31-21-27-13-5-6-14-28(27)22-32(31)42(38)58/h23-32H,1-22H2. The van der Waals surface area contributed by atoms with Crippen molar-refractivity contribution in [2.45, 2.75) is 152 Å². The number of carbonyl (C=O) groups is 4. The molecule has 4 aromatic heterocycles. The van der Waals surface area contributed by atoms with Crippen LogP contribution in [0.3, 0.4) is 0 Å². The monoisotopic (exact) mass is 930 g/mol. The van der Waals surface area contributed by atoms with Crippen LogP contribution in [0.15, 0.2) is 22.1 Å². The summed E-state index contributed by atoms with van der Waals surface area (Å²) in [4.78, 5) is 70.5.